The van der Waals surface area contributed by atoms with Crippen LogP contribution >= 0.6 is 0 Å². The molecular formula is C14H14F3N3O. The number of nitrogens with zero attached hydrogens (tertiary/aromatic N) is 1. The molecule has 0 aliphatic carbocycles. The molecule has 3 N–H and O–H groups in total. The molecule has 2 aromatic rings. The molecule has 0 radical (unpaired) electrons. The maximum atomic E-state index is 12.7. The average Bonchev–Trinajstić information content (AvgIpc) is 2.42. The summed E-state index contributed by atoms with van der Waals surface area (Å²) in [5.41, 5.74) is 6.26. The normalized spacial score (nSPS) is 11.3. The van der Waals surface area contributed by atoms with Gasteiger partial charge < -0.3 is 15.8 Å². The standard InChI is InChI=1S/C14H14F3N3O/c1-8-3-4-9(14(15,16)17)7-11(8)19-12-6-5-10(18)13(20-12)21-2/h3-7H,18H2,1-2H3,(H,19,20). The van der Waals surface area contributed by atoms with Gasteiger partial charge in [0.25, 0.3) is 0 Å². The molecule has 0 amide bonds. The van der Waals surface area contributed by atoms with Gasteiger partial charge in [-0.3, -0.25) is 0 Å². The van der Waals surface area contributed by atoms with E-state index in [-0.39, 0.29) is 5.88 Å². The van der Waals surface area contributed by atoms with Gasteiger partial charge in [-0.1, -0.05) is 6.07 Å². The summed E-state index contributed by atoms with van der Waals surface area (Å²) in [6.07, 6.45) is -4.39. The molecule has 21 heavy (non-hydrogen) atoms. The molecule has 0 unspecified atom stereocenters. The lowest BCUT2D eigenvalue weighted by atomic mass is 10.1. The van der Waals surface area contributed by atoms with Crippen molar-refractivity contribution in [3.05, 3.63) is 41.5 Å². The van der Waals surface area contributed by atoms with Gasteiger partial charge in [-0.05, 0) is 36.8 Å². The van der Waals surface area contributed by atoms with Crippen molar-refractivity contribution in [1.82, 2.24) is 4.98 Å². The molecule has 0 spiro atoms. The molecule has 0 saturated carbocycles. The van der Waals surface area contributed by atoms with Gasteiger partial charge in [-0.15, -0.1) is 0 Å². The fourth-order valence-electron chi connectivity index (χ4n) is 1.76. The smallest absolute Gasteiger partial charge is 0.416 e. The van der Waals surface area contributed by atoms with Crippen LogP contribution in [0.4, 0.5) is 30.4 Å². The number of hydrogen-bond acceptors (Lipinski definition) is 4. The zero-order chi connectivity index (χ0) is 15.6. The lowest BCUT2D eigenvalue weighted by molar-refractivity contribution is -0.137. The Hall–Kier alpha value is -2.44. The number of benzene rings is 1. The Morgan fingerprint density at radius 1 is 1.19 bits per heavy atom. The quantitative estimate of drug-likeness (QED) is 0.906. The van der Waals surface area contributed by atoms with Crippen molar-refractivity contribution in [2.24, 2.45) is 0 Å². The summed E-state index contributed by atoms with van der Waals surface area (Å²) in [6, 6.07) is 6.62. The molecule has 0 aliphatic rings. The second-order valence-corrected chi connectivity index (χ2v) is 4.45. The van der Waals surface area contributed by atoms with Gasteiger partial charge >= 0.3 is 6.18 Å². The first kappa shape index (κ1) is 15.0. The number of methoxy groups -OCH3 is 1. The summed E-state index contributed by atoms with van der Waals surface area (Å²) >= 11 is 0. The van der Waals surface area contributed by atoms with Crippen LogP contribution < -0.4 is 15.8 Å². The third-order valence-electron chi connectivity index (χ3n) is 2.91. The Labute approximate surface area is 119 Å². The van der Waals surface area contributed by atoms with Crippen molar-refractivity contribution in [3.8, 4) is 5.88 Å². The second-order valence-electron chi connectivity index (χ2n) is 4.45. The first-order chi connectivity index (χ1) is 9.81. The molecule has 2 rings (SSSR count). The Kier molecular flexibility index (Phi) is 3.93. The SMILES string of the molecule is COc1nc(Nc2cc(C(F)(F)F)ccc2C)ccc1N. The maximum absolute atomic E-state index is 12.7. The fraction of sp³-hybridized carbons (Fsp3) is 0.214. The number of alkyl halides is 3. The van der Waals surface area contributed by atoms with Gasteiger partial charge in [0.15, 0.2) is 0 Å². The second kappa shape index (κ2) is 5.51. The van der Waals surface area contributed by atoms with Gasteiger partial charge in [0.05, 0.1) is 18.4 Å². The number of rotatable bonds is 3. The zero-order valence-corrected chi connectivity index (χ0v) is 11.5. The van der Waals surface area contributed by atoms with Gasteiger partial charge in [-0.25, -0.2) is 0 Å². The molecule has 0 aliphatic heterocycles. The van der Waals surface area contributed by atoms with E-state index in [4.69, 9.17) is 10.5 Å². The average molecular weight is 297 g/mol. The molecule has 0 fully saturated rings. The lowest BCUT2D eigenvalue weighted by Crippen LogP contribution is -2.06. The van der Waals surface area contributed by atoms with Crippen LogP contribution in [-0.4, -0.2) is 12.1 Å². The molecule has 0 bridgehead atoms. The van der Waals surface area contributed by atoms with E-state index in [9.17, 15) is 13.2 Å². The summed E-state index contributed by atoms with van der Waals surface area (Å²) in [7, 11) is 1.41. The van der Waals surface area contributed by atoms with Crippen molar-refractivity contribution in [1.29, 1.82) is 0 Å². The highest BCUT2D eigenvalue weighted by Gasteiger charge is 2.30. The summed E-state index contributed by atoms with van der Waals surface area (Å²) in [6.45, 7) is 1.71. The van der Waals surface area contributed by atoms with E-state index in [0.29, 0.717) is 22.8 Å². The van der Waals surface area contributed by atoms with E-state index in [0.717, 1.165) is 12.1 Å². The number of halogens is 3. The van der Waals surface area contributed by atoms with Gasteiger partial charge in [0.1, 0.15) is 5.82 Å². The minimum Gasteiger partial charge on any atom is -0.479 e. The largest absolute Gasteiger partial charge is 0.479 e. The van der Waals surface area contributed by atoms with Crippen LogP contribution in [0.15, 0.2) is 30.3 Å². The number of hydrogen-bond donors (Lipinski definition) is 2. The van der Waals surface area contributed by atoms with Crippen LogP contribution in [0.2, 0.25) is 0 Å². The van der Waals surface area contributed by atoms with Crippen LogP contribution in [0.5, 0.6) is 5.88 Å². The van der Waals surface area contributed by atoms with Crippen LogP contribution in [0.1, 0.15) is 11.1 Å². The highest BCUT2D eigenvalue weighted by atomic mass is 19.4. The number of aromatic nitrogens is 1. The number of nitrogens with two attached hydrogens (primary N) is 1. The van der Waals surface area contributed by atoms with E-state index in [2.05, 4.69) is 10.3 Å². The minimum absolute atomic E-state index is 0.213. The monoisotopic (exact) mass is 297 g/mol. The topological polar surface area (TPSA) is 60.2 Å². The lowest BCUT2D eigenvalue weighted by Gasteiger charge is -2.13. The Morgan fingerprint density at radius 2 is 1.90 bits per heavy atom. The summed E-state index contributed by atoms with van der Waals surface area (Å²) in [5.74, 6) is 0.563. The molecular weight excluding hydrogens is 283 g/mol. The minimum atomic E-state index is -4.39. The highest BCUT2D eigenvalue weighted by Crippen LogP contribution is 2.33. The molecule has 1 heterocycles. The molecule has 4 nitrogen and oxygen atoms in total. The van der Waals surface area contributed by atoms with Crippen molar-refractivity contribution in [2.45, 2.75) is 13.1 Å². The fourth-order valence-corrected chi connectivity index (χ4v) is 1.76. The van der Waals surface area contributed by atoms with E-state index >= 15 is 0 Å². The summed E-state index contributed by atoms with van der Waals surface area (Å²) in [5, 5.41) is 2.84. The number of pyridine rings is 1. The van der Waals surface area contributed by atoms with Gasteiger partial charge in [0, 0.05) is 5.69 Å². The number of nitrogens with one attached hydrogen (secondary N) is 1. The van der Waals surface area contributed by atoms with Crippen molar-refractivity contribution in [3.63, 3.8) is 0 Å². The zero-order valence-electron chi connectivity index (χ0n) is 11.5. The van der Waals surface area contributed by atoms with Crippen molar-refractivity contribution >= 4 is 17.2 Å². The first-order valence-corrected chi connectivity index (χ1v) is 6.06. The predicted octanol–water partition coefficient (Wildman–Crippen LogP) is 3.74. The van der Waals surface area contributed by atoms with E-state index in [1.54, 1.807) is 19.1 Å². The molecule has 7 heteroatoms. The molecule has 1 aromatic heterocycles. The molecule has 112 valence electrons. The number of ether oxygens (including phenoxy) is 1. The van der Waals surface area contributed by atoms with Crippen LogP contribution in [0.25, 0.3) is 0 Å². The maximum Gasteiger partial charge on any atom is 0.416 e. The molecule has 1 aromatic carbocycles. The van der Waals surface area contributed by atoms with Gasteiger partial charge in [-0.2, -0.15) is 18.2 Å². The number of aryl methyl sites for hydroxylation is 1. The Morgan fingerprint density at radius 3 is 2.52 bits per heavy atom. The summed E-state index contributed by atoms with van der Waals surface area (Å²) in [4.78, 5) is 4.08. The first-order valence-electron chi connectivity index (χ1n) is 6.06. The third kappa shape index (κ3) is 3.36. The number of anilines is 3. The van der Waals surface area contributed by atoms with Crippen LogP contribution in [-0.2, 0) is 6.18 Å². The van der Waals surface area contributed by atoms with Crippen LogP contribution in [0.3, 0.4) is 0 Å². The number of nitrogen functional groups attached to an aromatic ring is 1. The highest BCUT2D eigenvalue weighted by molar-refractivity contribution is 5.64. The summed E-state index contributed by atoms with van der Waals surface area (Å²) < 4.78 is 43.2. The molecule has 0 saturated heterocycles. The Bertz CT molecular complexity index is 656. The third-order valence-corrected chi connectivity index (χ3v) is 2.91. The van der Waals surface area contributed by atoms with E-state index in [1.165, 1.54) is 13.2 Å². The predicted molar refractivity (Wildman–Crippen MR) is 74.7 cm³/mol. The van der Waals surface area contributed by atoms with Gasteiger partial charge in [0.2, 0.25) is 5.88 Å². The molecule has 0 atom stereocenters. The van der Waals surface area contributed by atoms with E-state index < -0.39 is 11.7 Å². The Balaban J connectivity index is 2.35. The van der Waals surface area contributed by atoms with Crippen LogP contribution in [0, 0.1) is 6.92 Å². The van der Waals surface area contributed by atoms with E-state index in [1.807, 2.05) is 0 Å². The van der Waals surface area contributed by atoms with Crippen molar-refractivity contribution in [2.75, 3.05) is 18.2 Å². The van der Waals surface area contributed by atoms with Crippen molar-refractivity contribution < 1.29 is 17.9 Å².